The SMILES string of the molecule is COc1ccc(S(=O)(=O)N2CCC(CNC[C@@H](O)COc3cccc4c3CC(=O)N4)CC2)cc1. The minimum atomic E-state index is -3.51. The number of aliphatic hydroxyl groups is 1. The Bertz CT molecular complexity index is 1100. The molecule has 0 unspecified atom stereocenters. The predicted octanol–water partition coefficient (Wildman–Crippen LogP) is 1.62. The first-order chi connectivity index (χ1) is 16.4. The van der Waals surface area contributed by atoms with Crippen LogP contribution < -0.4 is 20.1 Å². The van der Waals surface area contributed by atoms with E-state index < -0.39 is 16.1 Å². The number of benzene rings is 2. The summed E-state index contributed by atoms with van der Waals surface area (Å²) in [6, 6.07) is 11.9. The van der Waals surface area contributed by atoms with Crippen LogP contribution in [-0.4, -0.2) is 69.7 Å². The number of aliphatic hydroxyl groups excluding tert-OH is 1. The molecule has 9 nitrogen and oxygen atoms in total. The zero-order chi connectivity index (χ0) is 24.1. The molecule has 34 heavy (non-hydrogen) atoms. The Balaban J connectivity index is 1.18. The summed E-state index contributed by atoms with van der Waals surface area (Å²) in [5.74, 6) is 1.51. The van der Waals surface area contributed by atoms with Crippen molar-refractivity contribution in [3.8, 4) is 11.5 Å². The van der Waals surface area contributed by atoms with Crippen LogP contribution in [0.1, 0.15) is 18.4 Å². The fourth-order valence-electron chi connectivity index (χ4n) is 4.30. The lowest BCUT2D eigenvalue weighted by molar-refractivity contribution is -0.115. The largest absolute Gasteiger partial charge is 0.497 e. The number of carbonyl (C=O) groups is 1. The van der Waals surface area contributed by atoms with E-state index >= 15 is 0 Å². The van der Waals surface area contributed by atoms with Crippen LogP contribution in [0.15, 0.2) is 47.4 Å². The molecular formula is C24H31N3O6S. The Morgan fingerprint density at radius 2 is 1.91 bits per heavy atom. The highest BCUT2D eigenvalue weighted by atomic mass is 32.2. The smallest absolute Gasteiger partial charge is 0.243 e. The summed E-state index contributed by atoms with van der Waals surface area (Å²) >= 11 is 0. The zero-order valence-corrected chi connectivity index (χ0v) is 20.0. The van der Waals surface area contributed by atoms with Crippen molar-refractivity contribution in [2.75, 3.05) is 45.2 Å². The molecule has 0 aromatic heterocycles. The van der Waals surface area contributed by atoms with E-state index in [1.165, 1.54) is 4.31 Å². The molecule has 1 atom stereocenters. The maximum Gasteiger partial charge on any atom is 0.243 e. The molecule has 184 valence electrons. The third-order valence-electron chi connectivity index (χ3n) is 6.26. The van der Waals surface area contributed by atoms with Gasteiger partial charge in [0.25, 0.3) is 0 Å². The molecule has 3 N–H and O–H groups in total. The van der Waals surface area contributed by atoms with Crippen molar-refractivity contribution in [2.24, 2.45) is 5.92 Å². The number of amides is 1. The van der Waals surface area contributed by atoms with Gasteiger partial charge < -0.3 is 25.2 Å². The quantitative estimate of drug-likeness (QED) is 0.464. The van der Waals surface area contributed by atoms with Crippen molar-refractivity contribution < 1.29 is 27.8 Å². The summed E-state index contributed by atoms with van der Waals surface area (Å²) in [6.07, 6.45) is 1.10. The van der Waals surface area contributed by atoms with Crippen LogP contribution >= 0.6 is 0 Å². The van der Waals surface area contributed by atoms with Crippen LogP contribution in [-0.2, 0) is 21.2 Å². The van der Waals surface area contributed by atoms with Gasteiger partial charge in [-0.15, -0.1) is 0 Å². The minimum Gasteiger partial charge on any atom is -0.497 e. The molecule has 1 saturated heterocycles. The van der Waals surface area contributed by atoms with Crippen LogP contribution in [0.25, 0.3) is 0 Å². The van der Waals surface area contributed by atoms with Crippen LogP contribution in [0.5, 0.6) is 11.5 Å². The van der Waals surface area contributed by atoms with Gasteiger partial charge in [0.2, 0.25) is 15.9 Å². The number of fused-ring (bicyclic) bond motifs is 1. The third kappa shape index (κ3) is 5.69. The number of nitrogens with one attached hydrogen (secondary N) is 2. The molecule has 2 heterocycles. The third-order valence-corrected chi connectivity index (χ3v) is 8.17. The van der Waals surface area contributed by atoms with Gasteiger partial charge in [0.1, 0.15) is 24.2 Å². The monoisotopic (exact) mass is 489 g/mol. The second-order valence-corrected chi connectivity index (χ2v) is 10.6. The summed E-state index contributed by atoms with van der Waals surface area (Å²) in [5, 5.41) is 16.3. The predicted molar refractivity (Wildman–Crippen MR) is 128 cm³/mol. The van der Waals surface area contributed by atoms with Gasteiger partial charge in [0.15, 0.2) is 0 Å². The zero-order valence-electron chi connectivity index (χ0n) is 19.2. The molecule has 0 radical (unpaired) electrons. The standard InChI is InChI=1S/C24H31N3O6S/c1-32-19-5-7-20(8-6-19)34(30,31)27-11-9-17(10-12-27)14-25-15-18(28)16-33-23-4-2-3-22-21(23)13-24(29)26-22/h2-8,17-18,25,28H,9-16H2,1H3,(H,26,29)/t18-/m1/s1. The molecule has 2 aromatic rings. The molecule has 1 amide bonds. The van der Waals surface area contributed by atoms with Crippen LogP contribution in [0, 0.1) is 5.92 Å². The van der Waals surface area contributed by atoms with Gasteiger partial charge in [0.05, 0.1) is 18.4 Å². The molecular weight excluding hydrogens is 458 g/mol. The number of sulfonamides is 1. The molecule has 2 aliphatic heterocycles. The molecule has 2 aliphatic rings. The van der Waals surface area contributed by atoms with E-state index in [4.69, 9.17) is 9.47 Å². The Morgan fingerprint density at radius 3 is 2.62 bits per heavy atom. The van der Waals surface area contributed by atoms with Crippen molar-refractivity contribution in [3.05, 3.63) is 48.0 Å². The lowest BCUT2D eigenvalue weighted by Crippen LogP contribution is -2.42. The normalized spacial score (nSPS) is 17.8. The number of piperidine rings is 1. The van der Waals surface area contributed by atoms with Crippen molar-refractivity contribution in [1.29, 1.82) is 0 Å². The van der Waals surface area contributed by atoms with Gasteiger partial charge >= 0.3 is 0 Å². The number of rotatable bonds is 10. The number of ether oxygens (including phenoxy) is 2. The molecule has 0 spiro atoms. The van der Waals surface area contributed by atoms with Gasteiger partial charge in [-0.25, -0.2) is 8.42 Å². The van der Waals surface area contributed by atoms with Gasteiger partial charge in [-0.1, -0.05) is 6.07 Å². The van der Waals surface area contributed by atoms with E-state index in [0.29, 0.717) is 43.6 Å². The van der Waals surface area contributed by atoms with Gasteiger partial charge in [-0.2, -0.15) is 4.31 Å². The fraction of sp³-hybridized carbons (Fsp3) is 0.458. The number of nitrogens with zero attached hydrogens (tertiary/aromatic N) is 1. The first-order valence-electron chi connectivity index (χ1n) is 11.4. The van der Waals surface area contributed by atoms with E-state index in [1.54, 1.807) is 37.4 Å². The Morgan fingerprint density at radius 1 is 1.18 bits per heavy atom. The van der Waals surface area contributed by atoms with E-state index in [0.717, 1.165) is 24.1 Å². The lowest BCUT2D eigenvalue weighted by Gasteiger charge is -2.31. The number of anilines is 1. The number of hydrogen-bond acceptors (Lipinski definition) is 7. The summed E-state index contributed by atoms with van der Waals surface area (Å²) in [5.41, 5.74) is 1.58. The topological polar surface area (TPSA) is 117 Å². The Hall–Kier alpha value is -2.66. The Kier molecular flexibility index (Phi) is 7.72. The second-order valence-electron chi connectivity index (χ2n) is 8.65. The highest BCUT2D eigenvalue weighted by Gasteiger charge is 2.29. The van der Waals surface area contributed by atoms with E-state index in [9.17, 15) is 18.3 Å². The molecule has 0 bridgehead atoms. The highest BCUT2D eigenvalue weighted by molar-refractivity contribution is 7.89. The molecule has 10 heteroatoms. The second kappa shape index (κ2) is 10.7. The maximum atomic E-state index is 12.9. The number of carbonyl (C=O) groups excluding carboxylic acids is 1. The molecule has 2 aromatic carbocycles. The Labute approximate surface area is 200 Å². The van der Waals surface area contributed by atoms with Gasteiger partial charge in [-0.3, -0.25) is 4.79 Å². The average Bonchev–Trinajstić information content (AvgIpc) is 3.24. The first-order valence-corrected chi connectivity index (χ1v) is 12.9. The first kappa shape index (κ1) is 24.5. The van der Waals surface area contributed by atoms with E-state index in [2.05, 4.69) is 10.6 Å². The van der Waals surface area contributed by atoms with Crippen LogP contribution in [0.3, 0.4) is 0 Å². The van der Waals surface area contributed by atoms with Gasteiger partial charge in [0, 0.05) is 30.9 Å². The van der Waals surface area contributed by atoms with Crippen molar-refractivity contribution in [1.82, 2.24) is 9.62 Å². The van der Waals surface area contributed by atoms with E-state index in [-0.39, 0.29) is 23.8 Å². The van der Waals surface area contributed by atoms with Crippen LogP contribution in [0.2, 0.25) is 0 Å². The van der Waals surface area contributed by atoms with E-state index in [1.807, 2.05) is 12.1 Å². The van der Waals surface area contributed by atoms with Crippen molar-refractivity contribution in [2.45, 2.75) is 30.3 Å². The summed E-state index contributed by atoms with van der Waals surface area (Å²) in [6.45, 7) is 2.13. The molecule has 4 rings (SSSR count). The van der Waals surface area contributed by atoms with Crippen LogP contribution in [0.4, 0.5) is 5.69 Å². The number of hydrogen-bond donors (Lipinski definition) is 3. The summed E-state index contributed by atoms with van der Waals surface area (Å²) in [7, 11) is -1.97. The van der Waals surface area contributed by atoms with Crippen molar-refractivity contribution in [3.63, 3.8) is 0 Å². The van der Waals surface area contributed by atoms with Crippen molar-refractivity contribution >= 4 is 21.6 Å². The molecule has 0 aliphatic carbocycles. The molecule has 1 fully saturated rings. The minimum absolute atomic E-state index is 0.0592. The van der Waals surface area contributed by atoms with Gasteiger partial charge in [-0.05, 0) is 61.7 Å². The molecule has 0 saturated carbocycles. The average molecular weight is 490 g/mol. The highest BCUT2D eigenvalue weighted by Crippen LogP contribution is 2.31. The lowest BCUT2D eigenvalue weighted by atomic mass is 9.98. The number of methoxy groups -OCH3 is 1. The summed E-state index contributed by atoms with van der Waals surface area (Å²) < 4.78 is 38.1. The maximum absolute atomic E-state index is 12.9. The fourth-order valence-corrected chi connectivity index (χ4v) is 5.77. The summed E-state index contributed by atoms with van der Waals surface area (Å²) in [4.78, 5) is 11.9.